The average molecular weight is 807 g/mol. The number of nitrogens with zero attached hydrogens (tertiary/aromatic N) is 2. The van der Waals surface area contributed by atoms with Gasteiger partial charge in [0.25, 0.3) is 0 Å². The van der Waals surface area contributed by atoms with Crippen LogP contribution in [0.5, 0.6) is 0 Å². The molecule has 1 atom stereocenters. The van der Waals surface area contributed by atoms with Crippen molar-refractivity contribution in [3.63, 3.8) is 0 Å². The van der Waals surface area contributed by atoms with Crippen LogP contribution >= 0.6 is 0 Å². The lowest BCUT2D eigenvalue weighted by molar-refractivity contribution is 0.660. The first kappa shape index (κ1) is 37.1. The number of hydrogen-bond donors (Lipinski definition) is 0. The lowest BCUT2D eigenvalue weighted by Gasteiger charge is -2.31. The minimum absolute atomic E-state index is 0.0833. The predicted octanol–water partition coefficient (Wildman–Crippen LogP) is 16.3. The highest BCUT2D eigenvalue weighted by Crippen LogP contribution is 2.50. The number of hydrogen-bond acceptors (Lipinski definition) is 1. The van der Waals surface area contributed by atoms with Crippen molar-refractivity contribution in [2.24, 2.45) is 0 Å². The Morgan fingerprint density at radius 1 is 0.492 bits per heavy atom. The zero-order valence-electron chi connectivity index (χ0n) is 35.5. The SMILES string of the molecule is CC1(C)c2ccccc2-c2ccc(N(C3=CCC(c4ccc(-c5ccc6c(c5)c5c7ccccc7ccc5n6-c5ccccc5)cc4)C=C3)c3ccc(-c4ccccc4)cc3)cc21. The molecule has 0 saturated carbocycles. The van der Waals surface area contributed by atoms with Crippen molar-refractivity contribution in [1.29, 1.82) is 0 Å². The summed E-state index contributed by atoms with van der Waals surface area (Å²) in [4.78, 5) is 2.44. The van der Waals surface area contributed by atoms with Crippen molar-refractivity contribution in [2.75, 3.05) is 4.90 Å². The Balaban J connectivity index is 0.870. The molecule has 9 aromatic carbocycles. The zero-order valence-corrected chi connectivity index (χ0v) is 35.5. The summed E-state index contributed by atoms with van der Waals surface area (Å²) in [5, 5.41) is 5.12. The van der Waals surface area contributed by atoms with Crippen LogP contribution in [0.2, 0.25) is 0 Å². The van der Waals surface area contributed by atoms with E-state index in [9.17, 15) is 0 Å². The Labute approximate surface area is 369 Å². The van der Waals surface area contributed by atoms with Gasteiger partial charge in [-0.3, -0.25) is 0 Å². The Hall–Kier alpha value is -7.68. The van der Waals surface area contributed by atoms with Crippen LogP contribution in [0, 0.1) is 0 Å². The predicted molar refractivity (Wildman–Crippen MR) is 266 cm³/mol. The zero-order chi connectivity index (χ0) is 42.1. The molecule has 0 aliphatic heterocycles. The monoisotopic (exact) mass is 806 g/mol. The van der Waals surface area contributed by atoms with Gasteiger partial charge in [-0.15, -0.1) is 0 Å². The van der Waals surface area contributed by atoms with Crippen molar-refractivity contribution in [3.8, 4) is 39.1 Å². The molecule has 2 aliphatic carbocycles. The van der Waals surface area contributed by atoms with E-state index >= 15 is 0 Å². The summed E-state index contributed by atoms with van der Waals surface area (Å²) < 4.78 is 2.41. The van der Waals surface area contributed by atoms with Crippen molar-refractivity contribution in [2.45, 2.75) is 31.6 Å². The molecule has 0 saturated heterocycles. The van der Waals surface area contributed by atoms with E-state index in [0.29, 0.717) is 0 Å². The summed E-state index contributed by atoms with van der Waals surface area (Å²) in [5.41, 5.74) is 18.7. The molecular formula is C61H46N2. The molecule has 63 heavy (non-hydrogen) atoms. The van der Waals surface area contributed by atoms with Gasteiger partial charge in [0.2, 0.25) is 0 Å². The summed E-state index contributed by atoms with van der Waals surface area (Å²) in [6.07, 6.45) is 8.08. The topological polar surface area (TPSA) is 8.17 Å². The molecule has 0 radical (unpaired) electrons. The summed E-state index contributed by atoms with van der Waals surface area (Å²) in [6, 6.07) is 75.9. The van der Waals surface area contributed by atoms with E-state index in [1.807, 2.05) is 0 Å². The molecule has 0 spiro atoms. The van der Waals surface area contributed by atoms with Gasteiger partial charge < -0.3 is 9.47 Å². The quantitative estimate of drug-likeness (QED) is 0.156. The van der Waals surface area contributed by atoms with Crippen LogP contribution in [-0.4, -0.2) is 4.57 Å². The fourth-order valence-corrected chi connectivity index (χ4v) is 10.5. The second-order valence-corrected chi connectivity index (χ2v) is 17.7. The fraction of sp³-hybridized carbons (Fsp3) is 0.0820. The number of aromatic nitrogens is 1. The maximum Gasteiger partial charge on any atom is 0.0547 e. The Kier molecular flexibility index (Phi) is 8.69. The van der Waals surface area contributed by atoms with E-state index in [0.717, 1.165) is 12.1 Å². The minimum atomic E-state index is -0.0833. The Morgan fingerprint density at radius 3 is 1.92 bits per heavy atom. The molecule has 2 heteroatoms. The number of anilines is 2. The van der Waals surface area contributed by atoms with Crippen LogP contribution in [-0.2, 0) is 5.41 Å². The highest BCUT2D eigenvalue weighted by atomic mass is 15.1. The lowest BCUT2D eigenvalue weighted by atomic mass is 9.82. The number of allylic oxidation sites excluding steroid dienone is 3. The van der Waals surface area contributed by atoms with Crippen LogP contribution in [0.3, 0.4) is 0 Å². The molecule has 2 aliphatic rings. The van der Waals surface area contributed by atoms with E-state index in [1.54, 1.807) is 0 Å². The fourth-order valence-electron chi connectivity index (χ4n) is 10.5. The molecular weight excluding hydrogens is 761 g/mol. The van der Waals surface area contributed by atoms with Crippen LogP contribution in [0.1, 0.15) is 42.9 Å². The lowest BCUT2D eigenvalue weighted by Crippen LogP contribution is -2.19. The van der Waals surface area contributed by atoms with Gasteiger partial charge >= 0.3 is 0 Å². The first-order valence-electron chi connectivity index (χ1n) is 22.2. The molecule has 1 heterocycles. The summed E-state index contributed by atoms with van der Waals surface area (Å²) in [5.74, 6) is 0.288. The van der Waals surface area contributed by atoms with Gasteiger partial charge in [-0.25, -0.2) is 0 Å². The maximum absolute atomic E-state index is 2.44. The van der Waals surface area contributed by atoms with Gasteiger partial charge in [-0.05, 0) is 128 Å². The molecule has 0 bridgehead atoms. The maximum atomic E-state index is 2.44. The number of benzene rings is 9. The number of fused-ring (bicyclic) bond motifs is 8. The molecule has 0 N–H and O–H groups in total. The second kappa shape index (κ2) is 14.8. The van der Waals surface area contributed by atoms with E-state index in [4.69, 9.17) is 0 Å². The molecule has 1 aromatic heterocycles. The van der Waals surface area contributed by atoms with Crippen LogP contribution in [0.25, 0.3) is 71.6 Å². The van der Waals surface area contributed by atoms with Crippen LogP contribution in [0.15, 0.2) is 230 Å². The largest absolute Gasteiger partial charge is 0.311 e. The highest BCUT2D eigenvalue weighted by molar-refractivity contribution is 6.21. The smallest absolute Gasteiger partial charge is 0.0547 e. The number of para-hydroxylation sites is 1. The normalized spacial score (nSPS) is 15.1. The minimum Gasteiger partial charge on any atom is -0.311 e. The Morgan fingerprint density at radius 2 is 1.13 bits per heavy atom. The summed E-state index contributed by atoms with van der Waals surface area (Å²) in [7, 11) is 0. The summed E-state index contributed by atoms with van der Waals surface area (Å²) in [6.45, 7) is 4.72. The van der Waals surface area contributed by atoms with Crippen molar-refractivity contribution in [3.05, 3.63) is 247 Å². The van der Waals surface area contributed by atoms with Crippen molar-refractivity contribution in [1.82, 2.24) is 4.57 Å². The molecule has 1 unspecified atom stereocenters. The van der Waals surface area contributed by atoms with Crippen molar-refractivity contribution >= 4 is 44.0 Å². The number of rotatable bonds is 7. The first-order valence-corrected chi connectivity index (χ1v) is 22.2. The van der Waals surface area contributed by atoms with Gasteiger partial charge in [0, 0.05) is 44.9 Å². The molecule has 0 fully saturated rings. The van der Waals surface area contributed by atoms with E-state index in [-0.39, 0.29) is 11.3 Å². The highest BCUT2D eigenvalue weighted by Gasteiger charge is 2.36. The van der Waals surface area contributed by atoms with Gasteiger partial charge in [-0.1, -0.05) is 178 Å². The Bertz CT molecular complexity index is 3420. The van der Waals surface area contributed by atoms with Gasteiger partial charge in [0.05, 0.1) is 11.0 Å². The van der Waals surface area contributed by atoms with E-state index in [2.05, 4.69) is 248 Å². The van der Waals surface area contributed by atoms with Gasteiger partial charge in [-0.2, -0.15) is 0 Å². The van der Waals surface area contributed by atoms with Crippen LogP contribution < -0.4 is 4.90 Å². The van der Waals surface area contributed by atoms with Crippen molar-refractivity contribution < 1.29 is 0 Å². The average Bonchev–Trinajstić information content (AvgIpc) is 3.80. The molecule has 12 rings (SSSR count). The molecule has 300 valence electrons. The van der Waals surface area contributed by atoms with E-state index < -0.39 is 0 Å². The van der Waals surface area contributed by atoms with E-state index in [1.165, 1.54) is 99.7 Å². The standard InChI is InChI=1S/C61H46N2/c1-61(2)56-20-12-11-19-53(56)54-36-35-51(40-57(54)61)62(49-31-25-43(26-32-49)41-13-5-3-6-14-41)50-33-27-44(28-34-50)42-21-23-45(24-22-42)47-30-37-58-55(39-47)60-52-18-10-9-15-46(52)29-38-59(60)63(58)48-16-7-4-8-17-48/h3-27,29-40,44H,28H2,1-2H3. The first-order chi connectivity index (χ1) is 31.0. The molecule has 2 nitrogen and oxygen atoms in total. The second-order valence-electron chi connectivity index (χ2n) is 17.7. The van der Waals surface area contributed by atoms with Crippen LogP contribution in [0.4, 0.5) is 11.4 Å². The third kappa shape index (κ3) is 6.16. The molecule has 10 aromatic rings. The van der Waals surface area contributed by atoms with Gasteiger partial charge in [0.1, 0.15) is 0 Å². The third-order valence-corrected chi connectivity index (χ3v) is 13.7. The van der Waals surface area contributed by atoms with Gasteiger partial charge in [0.15, 0.2) is 0 Å². The molecule has 0 amide bonds. The summed E-state index contributed by atoms with van der Waals surface area (Å²) >= 11 is 0. The third-order valence-electron chi connectivity index (χ3n) is 13.7.